The van der Waals surface area contributed by atoms with E-state index in [-0.39, 0.29) is 11.8 Å². The molecule has 1 unspecified atom stereocenters. The van der Waals surface area contributed by atoms with Crippen molar-refractivity contribution in [2.24, 2.45) is 5.92 Å². The van der Waals surface area contributed by atoms with Crippen molar-refractivity contribution < 1.29 is 9.59 Å². The number of nitrogens with zero attached hydrogens (tertiary/aromatic N) is 2. The van der Waals surface area contributed by atoms with Gasteiger partial charge in [-0.15, -0.1) is 0 Å². The molecule has 1 heterocycles. The maximum absolute atomic E-state index is 12.6. The Labute approximate surface area is 166 Å². The molecule has 3 N–H and O–H groups in total. The number of aryl methyl sites for hydroxylation is 1. The van der Waals surface area contributed by atoms with Gasteiger partial charge in [0.05, 0.1) is 21.7 Å². The zero-order valence-electron chi connectivity index (χ0n) is 15.3. The van der Waals surface area contributed by atoms with Crippen LogP contribution in [0.1, 0.15) is 19.5 Å². The van der Waals surface area contributed by atoms with Gasteiger partial charge < -0.3 is 16.0 Å². The minimum absolute atomic E-state index is 0.111. The molecule has 1 atom stereocenters. The van der Waals surface area contributed by atoms with Gasteiger partial charge in [0.1, 0.15) is 6.04 Å². The Hall–Kier alpha value is -2.57. The topological polar surface area (TPSA) is 107 Å². The third kappa shape index (κ3) is 6.27. The van der Waals surface area contributed by atoms with Crippen LogP contribution in [0.25, 0.3) is 0 Å². The molecule has 7 nitrogen and oxygen atoms in total. The van der Waals surface area contributed by atoms with Gasteiger partial charge in [-0.25, -0.2) is 9.78 Å². The Morgan fingerprint density at radius 3 is 2.59 bits per heavy atom. The molecule has 3 amide bonds. The number of carbonyl (C=O) groups excluding carboxylic acids is 2. The van der Waals surface area contributed by atoms with Gasteiger partial charge >= 0.3 is 6.03 Å². The Bertz CT molecular complexity index is 830. The molecule has 0 saturated carbocycles. The van der Waals surface area contributed by atoms with E-state index in [1.54, 1.807) is 12.1 Å². The van der Waals surface area contributed by atoms with Gasteiger partial charge in [-0.1, -0.05) is 55.1 Å². The molecule has 0 aliphatic carbocycles. The zero-order chi connectivity index (χ0) is 19.8. The largest absolute Gasteiger partial charge is 0.326 e. The summed E-state index contributed by atoms with van der Waals surface area (Å²) < 4.78 is 0.891. The van der Waals surface area contributed by atoms with Crippen molar-refractivity contribution >= 4 is 45.9 Å². The minimum Gasteiger partial charge on any atom is -0.326 e. The third-order valence-electron chi connectivity index (χ3n) is 3.52. The maximum atomic E-state index is 12.6. The average molecular weight is 404 g/mol. The van der Waals surface area contributed by atoms with Crippen LogP contribution in [0.4, 0.5) is 15.6 Å². The van der Waals surface area contributed by atoms with Gasteiger partial charge in [0, 0.05) is 5.69 Å². The monoisotopic (exact) mass is 403 g/mol. The summed E-state index contributed by atoms with van der Waals surface area (Å²) in [5.74, 6) is -0.120. The molecule has 0 spiro atoms. The molecular formula is C18H21N5O2S2. The lowest BCUT2D eigenvalue weighted by atomic mass is 10.0. The number of para-hydroxylation sites is 1. The molecule has 142 valence electrons. The van der Waals surface area contributed by atoms with Gasteiger partial charge in [0.15, 0.2) is 5.13 Å². The minimum atomic E-state index is -0.715. The van der Waals surface area contributed by atoms with E-state index in [0.29, 0.717) is 16.6 Å². The fourth-order valence-electron chi connectivity index (χ4n) is 2.22. The number of carbonyl (C=O) groups is 2. The summed E-state index contributed by atoms with van der Waals surface area (Å²) >= 11 is 2.70. The van der Waals surface area contributed by atoms with Crippen LogP contribution in [0.3, 0.4) is 0 Å². The van der Waals surface area contributed by atoms with Crippen molar-refractivity contribution in [2.45, 2.75) is 31.0 Å². The van der Waals surface area contributed by atoms with Gasteiger partial charge in [0.25, 0.3) is 0 Å². The third-order valence-corrected chi connectivity index (χ3v) is 5.82. The Balaban J connectivity index is 2.00. The van der Waals surface area contributed by atoms with Gasteiger partial charge in [-0.3, -0.25) is 4.79 Å². The standard InChI is InChI=1S/C18H21N5O2S2/c1-11(2)14(22-17(25)21-13-7-5-4-6-8-13)15(24)23-18-20-12(3)16(27-18)26-10-9-19/h4-8,11,14H,10H2,1-3H3,(H,20,23,24)(H2,21,22,25). The number of hydrogen-bond donors (Lipinski definition) is 3. The first-order chi connectivity index (χ1) is 12.9. The number of thiazole rings is 1. The summed E-state index contributed by atoms with van der Waals surface area (Å²) in [4.78, 5) is 29.2. The Kier molecular flexibility index (Phi) is 7.64. The van der Waals surface area contributed by atoms with Crippen molar-refractivity contribution in [3.8, 4) is 6.07 Å². The number of thioether (sulfide) groups is 1. The number of benzene rings is 1. The van der Waals surface area contributed by atoms with Crippen LogP contribution in [0.15, 0.2) is 34.5 Å². The summed E-state index contributed by atoms with van der Waals surface area (Å²) in [6, 6.07) is 9.92. The summed E-state index contributed by atoms with van der Waals surface area (Å²) in [6.45, 7) is 5.54. The van der Waals surface area contributed by atoms with E-state index in [1.165, 1.54) is 23.1 Å². The van der Waals surface area contributed by atoms with Gasteiger partial charge in [-0.2, -0.15) is 5.26 Å². The predicted molar refractivity (Wildman–Crippen MR) is 109 cm³/mol. The number of urea groups is 1. The molecule has 9 heteroatoms. The van der Waals surface area contributed by atoms with Crippen LogP contribution in [0.2, 0.25) is 0 Å². The van der Waals surface area contributed by atoms with Crippen molar-refractivity contribution in [1.29, 1.82) is 5.26 Å². The molecule has 2 rings (SSSR count). The zero-order valence-corrected chi connectivity index (χ0v) is 16.9. The molecule has 27 heavy (non-hydrogen) atoms. The second-order valence-corrected chi connectivity index (χ2v) is 8.26. The van der Waals surface area contributed by atoms with Crippen molar-refractivity contribution in [2.75, 3.05) is 16.4 Å². The van der Waals surface area contributed by atoms with E-state index in [1.807, 2.05) is 39.0 Å². The van der Waals surface area contributed by atoms with Crippen LogP contribution < -0.4 is 16.0 Å². The number of nitriles is 1. The van der Waals surface area contributed by atoms with Crippen LogP contribution in [-0.2, 0) is 4.79 Å². The number of nitrogens with one attached hydrogen (secondary N) is 3. The van der Waals surface area contributed by atoms with Crippen molar-refractivity contribution in [3.63, 3.8) is 0 Å². The van der Waals surface area contributed by atoms with Crippen molar-refractivity contribution in [1.82, 2.24) is 10.3 Å². The van der Waals surface area contributed by atoms with Gasteiger partial charge in [0.2, 0.25) is 5.91 Å². The SMILES string of the molecule is Cc1nc(NC(=O)C(NC(=O)Nc2ccccc2)C(C)C)sc1SCC#N. The smallest absolute Gasteiger partial charge is 0.319 e. The number of hydrogen-bond acceptors (Lipinski definition) is 6. The Morgan fingerprint density at radius 2 is 1.96 bits per heavy atom. The molecule has 0 aliphatic rings. The first-order valence-electron chi connectivity index (χ1n) is 8.31. The fraction of sp³-hybridized carbons (Fsp3) is 0.333. The Morgan fingerprint density at radius 1 is 1.26 bits per heavy atom. The molecule has 0 aliphatic heterocycles. The van der Waals surface area contributed by atoms with E-state index in [9.17, 15) is 9.59 Å². The summed E-state index contributed by atoms with van der Waals surface area (Å²) in [6.07, 6.45) is 0. The second-order valence-electron chi connectivity index (χ2n) is 6.01. The molecule has 1 aromatic carbocycles. The summed E-state index contributed by atoms with van der Waals surface area (Å²) in [7, 11) is 0. The number of aromatic nitrogens is 1. The normalized spacial score (nSPS) is 11.5. The molecule has 0 bridgehead atoms. The first-order valence-corrected chi connectivity index (χ1v) is 10.1. The second kappa shape index (κ2) is 9.94. The predicted octanol–water partition coefficient (Wildman–Crippen LogP) is 3.85. The van der Waals surface area contributed by atoms with E-state index in [2.05, 4.69) is 27.0 Å². The van der Waals surface area contributed by atoms with Crippen molar-refractivity contribution in [3.05, 3.63) is 36.0 Å². The van der Waals surface area contributed by atoms with Crippen LogP contribution in [0, 0.1) is 24.2 Å². The summed E-state index contributed by atoms with van der Waals surface area (Å²) in [5.41, 5.74) is 1.42. The van der Waals surface area contributed by atoms with E-state index >= 15 is 0 Å². The quantitative estimate of drug-likeness (QED) is 0.609. The first kappa shape index (κ1) is 20.7. The molecule has 0 radical (unpaired) electrons. The van der Waals surface area contributed by atoms with E-state index < -0.39 is 12.1 Å². The lowest BCUT2D eigenvalue weighted by Gasteiger charge is -2.21. The highest BCUT2D eigenvalue weighted by atomic mass is 32.2. The van der Waals surface area contributed by atoms with Gasteiger partial charge in [-0.05, 0) is 25.0 Å². The summed E-state index contributed by atoms with van der Waals surface area (Å²) in [5, 5.41) is 17.3. The van der Waals surface area contributed by atoms with Crippen LogP contribution >= 0.6 is 23.1 Å². The number of rotatable bonds is 7. The highest BCUT2D eigenvalue weighted by Gasteiger charge is 2.25. The van der Waals surface area contributed by atoms with E-state index in [0.717, 1.165) is 9.90 Å². The highest BCUT2D eigenvalue weighted by molar-refractivity contribution is 8.01. The highest BCUT2D eigenvalue weighted by Crippen LogP contribution is 2.31. The molecule has 0 fully saturated rings. The number of amides is 3. The maximum Gasteiger partial charge on any atom is 0.319 e. The molecule has 2 aromatic rings. The lowest BCUT2D eigenvalue weighted by molar-refractivity contribution is -0.118. The van der Waals surface area contributed by atoms with Crippen LogP contribution in [0.5, 0.6) is 0 Å². The average Bonchev–Trinajstić information content (AvgIpc) is 2.97. The van der Waals surface area contributed by atoms with E-state index in [4.69, 9.17) is 5.26 Å². The van der Waals surface area contributed by atoms with Crippen LogP contribution in [-0.4, -0.2) is 28.7 Å². The fourth-order valence-corrected chi connectivity index (χ4v) is 4.02. The number of anilines is 2. The molecule has 1 aromatic heterocycles. The molecular weight excluding hydrogens is 382 g/mol. The lowest BCUT2D eigenvalue weighted by Crippen LogP contribution is -2.48. The molecule has 0 saturated heterocycles.